The van der Waals surface area contributed by atoms with Crippen LogP contribution in [0.2, 0.25) is 0 Å². The zero-order valence-corrected chi connectivity index (χ0v) is 15.0. The van der Waals surface area contributed by atoms with Gasteiger partial charge in [0.05, 0.1) is 12.3 Å². The topological polar surface area (TPSA) is 71.1 Å². The maximum atomic E-state index is 12.8. The molecule has 0 radical (unpaired) electrons. The molecule has 0 saturated carbocycles. The zero-order chi connectivity index (χ0) is 18.1. The first kappa shape index (κ1) is 16.7. The molecule has 1 aromatic carbocycles. The van der Waals surface area contributed by atoms with Crippen LogP contribution >= 0.6 is 0 Å². The zero-order valence-electron chi connectivity index (χ0n) is 15.0. The fourth-order valence-corrected chi connectivity index (χ4v) is 3.52. The molecule has 26 heavy (non-hydrogen) atoms. The van der Waals surface area contributed by atoms with Crippen molar-refractivity contribution in [1.29, 1.82) is 0 Å². The number of carbonyl (C=O) groups is 1. The third-order valence-electron chi connectivity index (χ3n) is 4.90. The summed E-state index contributed by atoms with van der Waals surface area (Å²) < 4.78 is 5.11. The summed E-state index contributed by atoms with van der Waals surface area (Å²) in [5, 5.41) is 0. The summed E-state index contributed by atoms with van der Waals surface area (Å²) in [4.78, 5) is 27.0. The van der Waals surface area contributed by atoms with E-state index in [-0.39, 0.29) is 5.91 Å². The second kappa shape index (κ2) is 6.88. The van der Waals surface area contributed by atoms with Gasteiger partial charge in [-0.2, -0.15) is 0 Å². The van der Waals surface area contributed by atoms with Gasteiger partial charge in [0.15, 0.2) is 5.65 Å². The highest BCUT2D eigenvalue weighted by Crippen LogP contribution is 2.29. The number of nitrogens with one attached hydrogen (secondary N) is 1. The van der Waals surface area contributed by atoms with Crippen molar-refractivity contribution >= 4 is 17.1 Å². The van der Waals surface area contributed by atoms with Crippen LogP contribution in [0, 0.1) is 6.92 Å². The standard InChI is InChI=1S/C20H22N4O2/c1-13-10-21-18-9-17(23-19(18)22-13)16-7-8-24(11-16)20(25)15-5-3-14(4-6-15)12-26-2/h3-6,9-10,16H,7-8,11-12H2,1-2H3,(H,22,23)/t16-/m1/s1. The van der Waals surface area contributed by atoms with E-state index in [1.54, 1.807) is 13.3 Å². The van der Waals surface area contributed by atoms with E-state index in [4.69, 9.17) is 4.74 Å². The highest BCUT2D eigenvalue weighted by Gasteiger charge is 2.29. The molecule has 1 fully saturated rings. The fourth-order valence-electron chi connectivity index (χ4n) is 3.52. The smallest absolute Gasteiger partial charge is 0.253 e. The molecule has 1 atom stereocenters. The van der Waals surface area contributed by atoms with E-state index >= 15 is 0 Å². The summed E-state index contributed by atoms with van der Waals surface area (Å²) in [6.45, 7) is 3.96. The lowest BCUT2D eigenvalue weighted by Gasteiger charge is -2.16. The van der Waals surface area contributed by atoms with Crippen LogP contribution in [-0.4, -0.2) is 46.0 Å². The molecule has 0 aliphatic carbocycles. The van der Waals surface area contributed by atoms with Gasteiger partial charge in [0.1, 0.15) is 5.52 Å². The number of fused-ring (bicyclic) bond motifs is 1. The molecule has 1 aliphatic heterocycles. The molecule has 1 aliphatic rings. The van der Waals surface area contributed by atoms with Crippen molar-refractivity contribution < 1.29 is 9.53 Å². The van der Waals surface area contributed by atoms with Crippen LogP contribution in [0.5, 0.6) is 0 Å². The number of benzene rings is 1. The lowest BCUT2D eigenvalue weighted by Crippen LogP contribution is -2.28. The Morgan fingerprint density at radius 1 is 1.35 bits per heavy atom. The van der Waals surface area contributed by atoms with Crippen LogP contribution in [0.4, 0.5) is 0 Å². The average molecular weight is 350 g/mol. The van der Waals surface area contributed by atoms with Gasteiger partial charge in [-0.05, 0) is 37.1 Å². The van der Waals surface area contributed by atoms with Gasteiger partial charge in [-0.3, -0.25) is 9.78 Å². The van der Waals surface area contributed by atoms with Crippen LogP contribution in [0.15, 0.2) is 36.5 Å². The second-order valence-corrected chi connectivity index (χ2v) is 6.84. The number of H-pyrrole nitrogens is 1. The SMILES string of the molecule is COCc1ccc(C(=O)N2CC[C@@H](c3cc4ncc(C)nc4[nH]3)C2)cc1. The van der Waals surface area contributed by atoms with Crippen LogP contribution in [0.3, 0.4) is 0 Å². The average Bonchev–Trinajstić information content (AvgIpc) is 3.28. The Balaban J connectivity index is 1.47. The Hall–Kier alpha value is -2.73. The molecule has 0 spiro atoms. The number of methoxy groups -OCH3 is 1. The molecule has 1 N–H and O–H groups in total. The molecular weight excluding hydrogens is 328 g/mol. The number of likely N-dealkylation sites (tertiary alicyclic amines) is 1. The molecule has 6 nitrogen and oxygen atoms in total. The number of aromatic nitrogens is 3. The van der Waals surface area contributed by atoms with Crippen molar-refractivity contribution in [2.45, 2.75) is 25.9 Å². The molecule has 2 aromatic heterocycles. The highest BCUT2D eigenvalue weighted by atomic mass is 16.5. The normalized spacial score (nSPS) is 17.2. The Labute approximate surface area is 152 Å². The molecule has 3 heterocycles. The Bertz CT molecular complexity index is 933. The number of hydrogen-bond donors (Lipinski definition) is 1. The number of rotatable bonds is 4. The van der Waals surface area contributed by atoms with Gasteiger partial charge in [0.25, 0.3) is 5.91 Å². The van der Waals surface area contributed by atoms with Gasteiger partial charge in [0, 0.05) is 43.6 Å². The number of aromatic amines is 1. The van der Waals surface area contributed by atoms with Crippen molar-refractivity contribution in [3.63, 3.8) is 0 Å². The van der Waals surface area contributed by atoms with E-state index in [0.29, 0.717) is 19.1 Å². The minimum Gasteiger partial charge on any atom is -0.380 e. The number of hydrogen-bond acceptors (Lipinski definition) is 4. The van der Waals surface area contributed by atoms with Crippen LogP contribution in [0.1, 0.15) is 39.6 Å². The predicted molar refractivity (Wildman–Crippen MR) is 99.0 cm³/mol. The van der Waals surface area contributed by atoms with E-state index in [1.807, 2.05) is 36.1 Å². The molecule has 1 saturated heterocycles. The maximum Gasteiger partial charge on any atom is 0.253 e. The lowest BCUT2D eigenvalue weighted by molar-refractivity contribution is 0.0790. The monoisotopic (exact) mass is 350 g/mol. The Morgan fingerprint density at radius 3 is 2.92 bits per heavy atom. The van der Waals surface area contributed by atoms with E-state index in [2.05, 4.69) is 21.0 Å². The van der Waals surface area contributed by atoms with E-state index in [9.17, 15) is 4.79 Å². The van der Waals surface area contributed by atoms with Crippen LogP contribution < -0.4 is 0 Å². The molecule has 3 aromatic rings. The first-order valence-corrected chi connectivity index (χ1v) is 8.83. The van der Waals surface area contributed by atoms with Gasteiger partial charge in [0.2, 0.25) is 0 Å². The third-order valence-corrected chi connectivity index (χ3v) is 4.90. The van der Waals surface area contributed by atoms with Gasteiger partial charge in [-0.15, -0.1) is 0 Å². The van der Waals surface area contributed by atoms with E-state index < -0.39 is 0 Å². The third kappa shape index (κ3) is 3.20. The summed E-state index contributed by atoms with van der Waals surface area (Å²) in [7, 11) is 1.67. The molecular formula is C20H22N4O2. The van der Waals surface area contributed by atoms with Crippen molar-refractivity contribution in [3.05, 3.63) is 59.0 Å². The Morgan fingerprint density at radius 2 is 2.15 bits per heavy atom. The first-order valence-electron chi connectivity index (χ1n) is 8.83. The first-order chi connectivity index (χ1) is 12.6. The van der Waals surface area contributed by atoms with Crippen molar-refractivity contribution in [1.82, 2.24) is 19.9 Å². The summed E-state index contributed by atoms with van der Waals surface area (Å²) >= 11 is 0. The highest BCUT2D eigenvalue weighted by molar-refractivity contribution is 5.94. The summed E-state index contributed by atoms with van der Waals surface area (Å²) in [5.74, 6) is 0.377. The fraction of sp³-hybridized carbons (Fsp3) is 0.350. The number of nitrogens with zero attached hydrogens (tertiary/aromatic N) is 3. The summed E-state index contributed by atoms with van der Waals surface area (Å²) in [6.07, 6.45) is 2.72. The van der Waals surface area contributed by atoms with Crippen molar-refractivity contribution in [2.24, 2.45) is 0 Å². The van der Waals surface area contributed by atoms with Crippen molar-refractivity contribution in [3.8, 4) is 0 Å². The van der Waals surface area contributed by atoms with E-state index in [0.717, 1.165) is 46.6 Å². The molecule has 1 amide bonds. The maximum absolute atomic E-state index is 12.8. The lowest BCUT2D eigenvalue weighted by atomic mass is 10.1. The minimum atomic E-state index is 0.0830. The quantitative estimate of drug-likeness (QED) is 0.785. The number of amides is 1. The second-order valence-electron chi connectivity index (χ2n) is 6.84. The van der Waals surface area contributed by atoms with Gasteiger partial charge < -0.3 is 14.6 Å². The van der Waals surface area contributed by atoms with E-state index in [1.165, 1.54) is 0 Å². The number of carbonyl (C=O) groups excluding carboxylic acids is 1. The molecule has 0 unspecified atom stereocenters. The van der Waals surface area contributed by atoms with Gasteiger partial charge in [-0.1, -0.05) is 12.1 Å². The van der Waals surface area contributed by atoms with Gasteiger partial charge in [-0.25, -0.2) is 4.98 Å². The molecule has 6 heteroatoms. The largest absolute Gasteiger partial charge is 0.380 e. The summed E-state index contributed by atoms with van der Waals surface area (Å²) in [5.41, 5.74) is 5.49. The molecule has 4 rings (SSSR count). The molecule has 0 bridgehead atoms. The number of aryl methyl sites for hydroxylation is 1. The minimum absolute atomic E-state index is 0.0830. The van der Waals surface area contributed by atoms with Crippen LogP contribution in [0.25, 0.3) is 11.2 Å². The van der Waals surface area contributed by atoms with Crippen molar-refractivity contribution in [2.75, 3.05) is 20.2 Å². The molecule has 134 valence electrons. The number of ether oxygens (including phenoxy) is 1. The Kier molecular flexibility index (Phi) is 4.42. The predicted octanol–water partition coefficient (Wildman–Crippen LogP) is 3.04. The summed E-state index contributed by atoms with van der Waals surface area (Å²) in [6, 6.07) is 9.70. The van der Waals surface area contributed by atoms with Crippen LogP contribution in [-0.2, 0) is 11.3 Å². The van der Waals surface area contributed by atoms with Gasteiger partial charge >= 0.3 is 0 Å².